The van der Waals surface area contributed by atoms with Gasteiger partial charge in [0.05, 0.1) is 6.20 Å². The van der Waals surface area contributed by atoms with Gasteiger partial charge in [0.25, 0.3) is 0 Å². The molecule has 0 aromatic carbocycles. The van der Waals surface area contributed by atoms with Gasteiger partial charge in [-0.1, -0.05) is 0 Å². The van der Waals surface area contributed by atoms with Crippen LogP contribution in [0, 0.1) is 0 Å². The molecule has 62 valence electrons. The first-order chi connectivity index (χ1) is 5.36. The second-order valence-electron chi connectivity index (χ2n) is 2.06. The molecule has 2 nitrogen and oxygen atoms in total. The molecule has 0 saturated heterocycles. The van der Waals surface area contributed by atoms with Crippen LogP contribution in [-0.2, 0) is 6.42 Å². The summed E-state index contributed by atoms with van der Waals surface area (Å²) in [6.07, 6.45) is 6.42. The lowest BCUT2D eigenvalue weighted by Crippen LogP contribution is -1.84. The van der Waals surface area contributed by atoms with E-state index >= 15 is 0 Å². The summed E-state index contributed by atoms with van der Waals surface area (Å²) < 4.78 is 13.1. The third kappa shape index (κ3) is 2.75. The second-order valence-corrected chi connectivity index (χ2v) is 3.56. The van der Waals surface area contributed by atoms with Crippen LogP contribution in [-0.4, -0.2) is 21.2 Å². The van der Waals surface area contributed by atoms with Gasteiger partial charge in [0, 0.05) is 6.20 Å². The maximum atomic E-state index is 11.9. The highest BCUT2D eigenvalue weighted by molar-refractivity contribution is 7.98. The zero-order valence-electron chi connectivity index (χ0n) is 6.16. The first-order valence-electron chi connectivity index (χ1n) is 3.18. The van der Waals surface area contributed by atoms with E-state index in [1.165, 1.54) is 4.09 Å². The lowest BCUT2D eigenvalue weighted by molar-refractivity contribution is 0.878. The number of hydrogen-bond donors (Lipinski definition) is 0. The molecule has 1 aromatic heterocycles. The Kier molecular flexibility index (Phi) is 3.79. The predicted octanol–water partition coefficient (Wildman–Crippen LogP) is 2.17. The van der Waals surface area contributed by atoms with Crippen molar-refractivity contribution >= 4 is 24.1 Å². The zero-order valence-corrected chi connectivity index (χ0v) is 7.79. The summed E-state index contributed by atoms with van der Waals surface area (Å²) in [7, 11) is 0. The highest BCUT2D eigenvalue weighted by Gasteiger charge is 1.97. The topological polar surface area (TPSA) is 17.8 Å². The summed E-state index contributed by atoms with van der Waals surface area (Å²) in [6.45, 7) is 0. The quantitative estimate of drug-likeness (QED) is 0.728. The molecular weight excluding hydrogens is 183 g/mol. The van der Waals surface area contributed by atoms with Gasteiger partial charge in [0.1, 0.15) is 0 Å². The lowest BCUT2D eigenvalue weighted by Gasteiger charge is -1.90. The van der Waals surface area contributed by atoms with E-state index in [0.29, 0.717) is 0 Å². The Bertz CT molecular complexity index is 214. The third-order valence-corrected chi connectivity index (χ3v) is 2.23. The van der Waals surface area contributed by atoms with Gasteiger partial charge in [-0.2, -0.15) is 20.9 Å². The number of aryl methyl sites for hydroxylation is 1. The molecule has 0 unspecified atom stereocenters. The summed E-state index contributed by atoms with van der Waals surface area (Å²) in [5.74, 6) is 1.06. The third-order valence-electron chi connectivity index (χ3n) is 1.28. The van der Waals surface area contributed by atoms with Crippen LogP contribution < -0.4 is 0 Å². The van der Waals surface area contributed by atoms with Crippen LogP contribution >= 0.6 is 24.1 Å². The first-order valence-corrected chi connectivity index (χ1v) is 5.25. The van der Waals surface area contributed by atoms with Crippen LogP contribution in [0.3, 0.4) is 0 Å². The fourth-order valence-electron chi connectivity index (χ4n) is 0.726. The minimum Gasteiger partial charge on any atom is -0.184 e. The van der Waals surface area contributed by atoms with E-state index in [1.54, 1.807) is 24.2 Å². The molecule has 5 heteroatoms. The van der Waals surface area contributed by atoms with Gasteiger partial charge in [-0.15, -0.1) is 3.89 Å². The molecule has 0 amide bonds. The average molecular weight is 192 g/mol. The van der Waals surface area contributed by atoms with Crippen molar-refractivity contribution in [3.05, 3.63) is 18.0 Å². The Hall–Kier alpha value is -0.160. The number of hydrogen-bond acceptors (Lipinski definition) is 3. The molecule has 0 bridgehead atoms. The van der Waals surface area contributed by atoms with E-state index in [4.69, 9.17) is 0 Å². The Balaban J connectivity index is 2.44. The largest absolute Gasteiger partial charge is 0.187 e. The fourth-order valence-corrected chi connectivity index (χ4v) is 1.42. The van der Waals surface area contributed by atoms with E-state index in [1.807, 2.05) is 6.26 Å². The number of halogens is 1. The molecule has 0 N–H and O–H groups in total. The van der Waals surface area contributed by atoms with Gasteiger partial charge in [-0.3, -0.25) is 0 Å². The highest BCUT2D eigenvalue weighted by atomic mass is 32.2. The summed E-state index contributed by atoms with van der Waals surface area (Å²) in [5, 5.41) is 3.78. The van der Waals surface area contributed by atoms with Gasteiger partial charge in [0.15, 0.2) is 12.3 Å². The SMILES string of the molecule is CSCCc1cnn(SF)c1. The van der Waals surface area contributed by atoms with Gasteiger partial charge in [-0.05, 0) is 24.0 Å². The van der Waals surface area contributed by atoms with Crippen molar-refractivity contribution in [1.82, 2.24) is 9.19 Å². The highest BCUT2D eigenvalue weighted by Crippen LogP contribution is 2.09. The Morgan fingerprint density at radius 2 is 2.55 bits per heavy atom. The van der Waals surface area contributed by atoms with Crippen molar-refractivity contribution in [2.45, 2.75) is 6.42 Å². The summed E-state index contributed by atoms with van der Waals surface area (Å²) in [5.41, 5.74) is 1.09. The van der Waals surface area contributed by atoms with Crippen LogP contribution in [0.5, 0.6) is 0 Å². The van der Waals surface area contributed by atoms with Gasteiger partial charge in [-0.25, -0.2) is 0 Å². The van der Waals surface area contributed by atoms with Crippen molar-refractivity contribution in [3.63, 3.8) is 0 Å². The smallest absolute Gasteiger partial charge is 0.184 e. The number of nitrogens with zero attached hydrogens (tertiary/aromatic N) is 2. The van der Waals surface area contributed by atoms with E-state index in [-0.39, 0.29) is 12.3 Å². The van der Waals surface area contributed by atoms with Crippen LogP contribution in [0.1, 0.15) is 5.56 Å². The van der Waals surface area contributed by atoms with E-state index in [9.17, 15) is 3.89 Å². The Morgan fingerprint density at radius 1 is 1.73 bits per heavy atom. The molecule has 1 heterocycles. The molecule has 0 spiro atoms. The molecule has 0 aliphatic rings. The molecule has 0 atom stereocenters. The molecule has 0 aliphatic carbocycles. The van der Waals surface area contributed by atoms with Crippen LogP contribution in [0.15, 0.2) is 12.4 Å². The van der Waals surface area contributed by atoms with Gasteiger partial charge in [0.2, 0.25) is 0 Å². The zero-order chi connectivity index (χ0) is 8.10. The molecule has 1 aromatic rings. The minimum atomic E-state index is 0.122. The van der Waals surface area contributed by atoms with Crippen LogP contribution in [0.2, 0.25) is 0 Å². The van der Waals surface area contributed by atoms with E-state index in [0.717, 1.165) is 17.7 Å². The first kappa shape index (κ1) is 8.93. The van der Waals surface area contributed by atoms with Gasteiger partial charge < -0.3 is 0 Å². The normalized spacial score (nSPS) is 10.4. The fraction of sp³-hybridized carbons (Fsp3) is 0.500. The van der Waals surface area contributed by atoms with Crippen molar-refractivity contribution in [2.75, 3.05) is 12.0 Å². The predicted molar refractivity (Wildman–Crippen MR) is 48.4 cm³/mol. The minimum absolute atomic E-state index is 0.122. The Labute approximate surface area is 74.0 Å². The van der Waals surface area contributed by atoms with Crippen LogP contribution in [0.25, 0.3) is 0 Å². The van der Waals surface area contributed by atoms with Crippen LogP contribution in [0.4, 0.5) is 3.89 Å². The monoisotopic (exact) mass is 192 g/mol. The Morgan fingerprint density at radius 3 is 3.09 bits per heavy atom. The van der Waals surface area contributed by atoms with Crippen molar-refractivity contribution < 1.29 is 3.89 Å². The molecule has 11 heavy (non-hydrogen) atoms. The summed E-state index contributed by atoms with van der Waals surface area (Å²) in [6, 6.07) is 0. The molecule has 0 aliphatic heterocycles. The average Bonchev–Trinajstić information content (AvgIpc) is 2.48. The number of rotatable bonds is 4. The summed E-state index contributed by atoms with van der Waals surface area (Å²) >= 11 is 1.90. The lowest BCUT2D eigenvalue weighted by atomic mass is 10.3. The summed E-state index contributed by atoms with van der Waals surface area (Å²) in [4.78, 5) is 0. The van der Waals surface area contributed by atoms with E-state index in [2.05, 4.69) is 5.10 Å². The standard InChI is InChI=1S/C6H9FN2S2/c1-10-3-2-6-4-8-9(5-6)11-7/h4-5H,2-3H2,1H3. The van der Waals surface area contributed by atoms with E-state index < -0.39 is 0 Å². The van der Waals surface area contributed by atoms with Crippen molar-refractivity contribution in [2.24, 2.45) is 0 Å². The van der Waals surface area contributed by atoms with Crippen molar-refractivity contribution in [3.8, 4) is 0 Å². The molecule has 0 saturated carbocycles. The maximum absolute atomic E-state index is 11.9. The molecule has 1 rings (SSSR count). The molecular formula is C6H9FN2S2. The molecule has 0 radical (unpaired) electrons. The number of aromatic nitrogens is 2. The van der Waals surface area contributed by atoms with Crippen molar-refractivity contribution in [1.29, 1.82) is 0 Å². The second kappa shape index (κ2) is 4.66. The molecule has 0 fully saturated rings. The number of thioether (sulfide) groups is 1. The maximum Gasteiger partial charge on any atom is 0.187 e. The van der Waals surface area contributed by atoms with Gasteiger partial charge >= 0.3 is 0 Å².